The number of phenolic OH excluding ortho intramolecular Hbond substituents is 1. The van der Waals surface area contributed by atoms with Crippen LogP contribution in [0.25, 0.3) is 0 Å². The van der Waals surface area contributed by atoms with Crippen molar-refractivity contribution in [3.8, 4) is 34.8 Å². The molecule has 1 unspecified atom stereocenters. The zero-order valence-corrected chi connectivity index (χ0v) is 25.6. The second-order valence-electron chi connectivity index (χ2n) is 11.8. The number of ketones is 1. The number of carbonyl (C=O) groups is 3. The third kappa shape index (κ3) is 3.87. The molecule has 12 nitrogen and oxygen atoms in total. The minimum Gasteiger partial charge on any atom is -0.504 e. The number of piperazine rings is 1. The number of carbonyl (C=O) groups excluding carboxylic acids is 3. The summed E-state index contributed by atoms with van der Waals surface area (Å²) in [5.74, 6) is -0.855. The molecular formula is C31H31N3O9S. The number of aromatic hydroxyl groups is 1. The Labute approximate surface area is 257 Å². The minimum atomic E-state index is -0.949. The maximum Gasteiger partial charge on any atom is 0.375 e. The first-order valence-corrected chi connectivity index (χ1v) is 15.4. The van der Waals surface area contributed by atoms with Crippen molar-refractivity contribution < 1.29 is 43.2 Å². The Morgan fingerprint density at radius 2 is 1.89 bits per heavy atom. The number of aryl methyl sites for hydroxylation is 1. The number of methoxy groups -OCH3 is 1. The molecule has 230 valence electrons. The molecule has 2 aromatic carbocycles. The van der Waals surface area contributed by atoms with Crippen molar-refractivity contribution in [2.24, 2.45) is 0 Å². The standard InChI is InChI=1S/C31H31N3O9S/c1-12-6-15-7-16-17(8-32)34-18-9-40-31(38)19(36)10-44-30(24(34)23(33(16)4)20(15)25(37)26(12)39-5)22-21(18)29-28(41-11-42-29)13(2)27(22)43-14(3)35/h6,16-18,23-24,30,37H,7,9-11H2,1-5H3/t16?,17-,18-,23+,24+,30+/m0/s1. The van der Waals surface area contributed by atoms with E-state index < -0.39 is 47.1 Å². The average Bonchev–Trinajstić information content (AvgIpc) is 3.47. The highest BCUT2D eigenvalue weighted by Gasteiger charge is 2.60. The summed E-state index contributed by atoms with van der Waals surface area (Å²) in [6.45, 7) is 4.65. The highest BCUT2D eigenvalue weighted by Crippen LogP contribution is 2.63. The first-order valence-electron chi connectivity index (χ1n) is 14.3. The molecule has 0 spiro atoms. The lowest BCUT2D eigenvalue weighted by molar-refractivity contribution is -0.157. The maximum atomic E-state index is 12.9. The van der Waals surface area contributed by atoms with E-state index in [2.05, 4.69) is 15.9 Å². The monoisotopic (exact) mass is 621 g/mol. The fourth-order valence-electron chi connectivity index (χ4n) is 7.90. The van der Waals surface area contributed by atoms with E-state index in [1.165, 1.54) is 25.8 Å². The van der Waals surface area contributed by atoms with Gasteiger partial charge in [-0.2, -0.15) is 5.26 Å². The molecule has 0 aromatic heterocycles. The van der Waals surface area contributed by atoms with Crippen LogP contribution in [0, 0.1) is 25.2 Å². The van der Waals surface area contributed by atoms with Crippen molar-refractivity contribution >= 4 is 29.5 Å². The lowest BCUT2D eigenvalue weighted by atomic mass is 9.71. The third-order valence-corrected chi connectivity index (χ3v) is 10.8. The van der Waals surface area contributed by atoms with Crippen LogP contribution >= 0.6 is 11.8 Å². The van der Waals surface area contributed by atoms with Crippen LogP contribution in [0.2, 0.25) is 0 Å². The highest BCUT2D eigenvalue weighted by molar-refractivity contribution is 8.00. The second-order valence-corrected chi connectivity index (χ2v) is 12.9. The number of nitrogens with zero attached hydrogens (tertiary/aromatic N) is 3. The number of hydrogen-bond acceptors (Lipinski definition) is 13. The molecular weight excluding hydrogens is 590 g/mol. The van der Waals surface area contributed by atoms with Gasteiger partial charge in [-0.3, -0.25) is 19.4 Å². The molecule has 2 saturated heterocycles. The number of thioether (sulfide) groups is 1. The maximum absolute atomic E-state index is 12.9. The van der Waals surface area contributed by atoms with Crippen LogP contribution in [0.5, 0.6) is 28.7 Å². The van der Waals surface area contributed by atoms with E-state index in [1.807, 2.05) is 20.0 Å². The van der Waals surface area contributed by atoms with Gasteiger partial charge in [-0.05, 0) is 38.4 Å². The van der Waals surface area contributed by atoms with Gasteiger partial charge in [0.2, 0.25) is 12.6 Å². The smallest absolute Gasteiger partial charge is 0.375 e. The number of cyclic esters (lactones) is 1. The molecule has 13 heteroatoms. The number of esters is 2. The summed E-state index contributed by atoms with van der Waals surface area (Å²) < 4.78 is 29.0. The van der Waals surface area contributed by atoms with E-state index in [9.17, 15) is 24.8 Å². The molecule has 1 N–H and O–H groups in total. The van der Waals surface area contributed by atoms with Crippen molar-refractivity contribution in [2.75, 3.05) is 33.3 Å². The van der Waals surface area contributed by atoms with Crippen LogP contribution in [-0.4, -0.2) is 84.1 Å². The van der Waals surface area contributed by atoms with Gasteiger partial charge in [0.05, 0.1) is 36.3 Å². The zero-order valence-electron chi connectivity index (χ0n) is 24.8. The van der Waals surface area contributed by atoms with Gasteiger partial charge < -0.3 is 28.8 Å². The van der Waals surface area contributed by atoms with Gasteiger partial charge in [-0.25, -0.2) is 4.79 Å². The number of fused-ring (bicyclic) bond motifs is 9. The lowest BCUT2D eigenvalue weighted by Gasteiger charge is -2.61. The summed E-state index contributed by atoms with van der Waals surface area (Å²) in [6.07, 6.45) is 0.488. The van der Waals surface area contributed by atoms with Gasteiger partial charge in [0.15, 0.2) is 23.0 Å². The summed E-state index contributed by atoms with van der Waals surface area (Å²) in [5.41, 5.74) is 4.16. The number of Topliss-reactive ketones (excluding diaryl/α,β-unsaturated/α-hetero) is 1. The highest BCUT2D eigenvalue weighted by atomic mass is 32.2. The SMILES string of the molecule is COc1c(C)cc2c(c1O)[C@@H]1[C@@H]3[C@@H]4SCC(=O)C(=O)OC[C@@H](c5c6c(c(C)c(OC(C)=O)c54)OCO6)N3[C@@H](C#N)C(C2)N1C. The predicted molar refractivity (Wildman–Crippen MR) is 155 cm³/mol. The first kappa shape index (κ1) is 28.8. The molecule has 2 aromatic rings. The molecule has 5 aliphatic rings. The van der Waals surface area contributed by atoms with Gasteiger partial charge in [-0.15, -0.1) is 11.8 Å². The summed E-state index contributed by atoms with van der Waals surface area (Å²) in [4.78, 5) is 42.3. The van der Waals surface area contributed by atoms with Crippen molar-refractivity contribution in [3.05, 3.63) is 39.4 Å². The topological polar surface area (TPSA) is 148 Å². The summed E-state index contributed by atoms with van der Waals surface area (Å²) in [5, 5.41) is 21.9. The first-order chi connectivity index (χ1) is 21.1. The number of likely N-dealkylation sites (N-methyl/N-ethyl adjacent to an activating group) is 1. The average molecular weight is 622 g/mol. The van der Waals surface area contributed by atoms with Crippen molar-refractivity contribution in [2.45, 2.75) is 62.7 Å². The molecule has 7 rings (SSSR count). The summed E-state index contributed by atoms with van der Waals surface area (Å²) >= 11 is 1.22. The van der Waals surface area contributed by atoms with E-state index in [0.717, 1.165) is 11.1 Å². The van der Waals surface area contributed by atoms with Crippen LogP contribution in [0.4, 0.5) is 0 Å². The Kier molecular flexibility index (Phi) is 6.73. The van der Waals surface area contributed by atoms with Crippen LogP contribution < -0.4 is 18.9 Å². The van der Waals surface area contributed by atoms with Gasteiger partial charge >= 0.3 is 11.9 Å². The van der Waals surface area contributed by atoms with Crippen LogP contribution in [0.3, 0.4) is 0 Å². The zero-order chi connectivity index (χ0) is 31.2. The number of benzene rings is 2. The lowest BCUT2D eigenvalue weighted by Crippen LogP contribution is -2.69. The largest absolute Gasteiger partial charge is 0.504 e. The number of phenols is 1. The molecule has 0 aliphatic carbocycles. The minimum absolute atomic E-state index is 0.0240. The number of nitriles is 1. The van der Waals surface area contributed by atoms with E-state index in [4.69, 9.17) is 23.7 Å². The molecule has 2 fully saturated rings. The van der Waals surface area contributed by atoms with Gasteiger partial charge in [0.25, 0.3) is 0 Å². The van der Waals surface area contributed by atoms with E-state index in [1.54, 1.807) is 6.92 Å². The molecule has 4 bridgehead atoms. The molecule has 0 radical (unpaired) electrons. The Balaban J connectivity index is 1.57. The van der Waals surface area contributed by atoms with Crippen LogP contribution in [-0.2, 0) is 25.5 Å². The molecule has 5 heterocycles. The van der Waals surface area contributed by atoms with Crippen molar-refractivity contribution in [3.63, 3.8) is 0 Å². The van der Waals surface area contributed by atoms with Crippen LogP contribution in [0.1, 0.15) is 57.6 Å². The molecule has 0 saturated carbocycles. The normalized spacial score (nSPS) is 28.7. The number of hydrogen-bond donors (Lipinski definition) is 1. The molecule has 44 heavy (non-hydrogen) atoms. The summed E-state index contributed by atoms with van der Waals surface area (Å²) in [7, 11) is 3.45. The molecule has 5 aliphatic heterocycles. The molecule has 0 amide bonds. The molecule has 6 atom stereocenters. The Hall–Kier alpha value is -3.99. The van der Waals surface area contributed by atoms with Crippen molar-refractivity contribution in [1.82, 2.24) is 9.80 Å². The van der Waals surface area contributed by atoms with Crippen LogP contribution in [0.15, 0.2) is 6.07 Å². The summed E-state index contributed by atoms with van der Waals surface area (Å²) in [6, 6.07) is 1.81. The Bertz CT molecular complexity index is 1690. The second kappa shape index (κ2) is 10.3. The quantitative estimate of drug-likeness (QED) is 0.298. The Morgan fingerprint density at radius 3 is 2.59 bits per heavy atom. The number of ether oxygens (including phenoxy) is 5. The van der Waals surface area contributed by atoms with Crippen molar-refractivity contribution in [1.29, 1.82) is 5.26 Å². The Morgan fingerprint density at radius 1 is 1.14 bits per heavy atom. The fourth-order valence-corrected chi connectivity index (χ4v) is 9.23. The van der Waals surface area contributed by atoms with Gasteiger partial charge in [0, 0.05) is 41.3 Å². The predicted octanol–water partition coefficient (Wildman–Crippen LogP) is 2.80. The van der Waals surface area contributed by atoms with Gasteiger partial charge in [-0.1, -0.05) is 6.07 Å². The van der Waals surface area contributed by atoms with Gasteiger partial charge in [0.1, 0.15) is 18.4 Å². The fraction of sp³-hybridized carbons (Fsp3) is 0.484. The third-order valence-electron chi connectivity index (χ3n) is 9.54. The van der Waals surface area contributed by atoms with E-state index in [-0.39, 0.29) is 30.9 Å². The van der Waals surface area contributed by atoms with E-state index in [0.29, 0.717) is 51.7 Å². The number of rotatable bonds is 2. The van der Waals surface area contributed by atoms with E-state index >= 15 is 0 Å².